The molecule has 0 aliphatic carbocycles. The second-order valence-electron chi connectivity index (χ2n) is 3.12. The molecule has 66 valence electrons. The fraction of sp³-hybridized carbons (Fsp3) is 0.444. The molecule has 0 aliphatic heterocycles. The molecule has 1 rings (SSSR count). The van der Waals surface area contributed by atoms with Crippen molar-refractivity contribution in [2.75, 3.05) is 0 Å². The fourth-order valence-electron chi connectivity index (χ4n) is 0.938. The highest BCUT2D eigenvalue weighted by Gasteiger charge is 2.08. The Morgan fingerprint density at radius 2 is 2.08 bits per heavy atom. The van der Waals surface area contributed by atoms with E-state index in [9.17, 15) is 4.39 Å². The molecule has 0 N–H and O–H groups in total. The maximum atomic E-state index is 13.1. The van der Waals surface area contributed by atoms with E-state index in [1.54, 1.807) is 13.0 Å². The highest BCUT2D eigenvalue weighted by atomic mass is 79.9. The van der Waals surface area contributed by atoms with Crippen molar-refractivity contribution >= 4 is 15.9 Å². The summed E-state index contributed by atoms with van der Waals surface area (Å²) in [5, 5.41) is 0. The third-order valence-electron chi connectivity index (χ3n) is 1.71. The molecule has 0 atom stereocenters. The van der Waals surface area contributed by atoms with E-state index in [1.165, 1.54) is 0 Å². The van der Waals surface area contributed by atoms with E-state index < -0.39 is 0 Å². The zero-order valence-corrected chi connectivity index (χ0v) is 8.94. The minimum absolute atomic E-state index is 0.264. The van der Waals surface area contributed by atoms with Gasteiger partial charge in [0.1, 0.15) is 4.60 Å². The molecule has 0 amide bonds. The Kier molecular flexibility index (Phi) is 2.83. The third-order valence-corrected chi connectivity index (χ3v) is 2.24. The van der Waals surface area contributed by atoms with Gasteiger partial charge < -0.3 is 0 Å². The van der Waals surface area contributed by atoms with Gasteiger partial charge in [0, 0.05) is 5.69 Å². The molecule has 0 saturated carbocycles. The highest BCUT2D eigenvalue weighted by molar-refractivity contribution is 9.10. The van der Waals surface area contributed by atoms with Gasteiger partial charge in [-0.05, 0) is 40.4 Å². The van der Waals surface area contributed by atoms with Crippen molar-refractivity contribution in [1.82, 2.24) is 4.98 Å². The molecule has 1 aromatic rings. The SMILES string of the molecule is Cc1cc(C(C)C)nc(Br)c1F. The summed E-state index contributed by atoms with van der Waals surface area (Å²) >= 11 is 3.08. The van der Waals surface area contributed by atoms with E-state index in [2.05, 4.69) is 20.9 Å². The maximum absolute atomic E-state index is 13.1. The van der Waals surface area contributed by atoms with Crippen LogP contribution in [0.4, 0.5) is 4.39 Å². The first-order valence-electron chi connectivity index (χ1n) is 3.85. The molecular formula is C9H11BrFN. The second kappa shape index (κ2) is 3.52. The zero-order valence-electron chi connectivity index (χ0n) is 7.36. The van der Waals surface area contributed by atoms with Gasteiger partial charge in [0.25, 0.3) is 0 Å². The molecule has 0 saturated heterocycles. The zero-order chi connectivity index (χ0) is 9.30. The molecule has 0 aliphatic rings. The maximum Gasteiger partial charge on any atom is 0.158 e. The van der Waals surface area contributed by atoms with Crippen LogP contribution in [0.25, 0.3) is 0 Å². The molecular weight excluding hydrogens is 221 g/mol. The Balaban J connectivity index is 3.21. The van der Waals surface area contributed by atoms with Gasteiger partial charge in [0.05, 0.1) is 0 Å². The lowest BCUT2D eigenvalue weighted by atomic mass is 10.1. The lowest BCUT2D eigenvalue weighted by molar-refractivity contribution is 0.598. The van der Waals surface area contributed by atoms with Crippen LogP contribution in [0.3, 0.4) is 0 Å². The van der Waals surface area contributed by atoms with Crippen molar-refractivity contribution in [3.8, 4) is 0 Å². The molecule has 1 aromatic heterocycles. The van der Waals surface area contributed by atoms with E-state index in [1.807, 2.05) is 13.8 Å². The van der Waals surface area contributed by atoms with Crippen LogP contribution in [-0.2, 0) is 0 Å². The molecule has 0 fully saturated rings. The molecule has 0 spiro atoms. The molecule has 0 bridgehead atoms. The summed E-state index contributed by atoms with van der Waals surface area (Å²) in [7, 11) is 0. The second-order valence-corrected chi connectivity index (χ2v) is 3.87. The van der Waals surface area contributed by atoms with Crippen LogP contribution in [0, 0.1) is 12.7 Å². The van der Waals surface area contributed by atoms with Crippen LogP contribution in [0.2, 0.25) is 0 Å². The van der Waals surface area contributed by atoms with Gasteiger partial charge in [-0.1, -0.05) is 13.8 Å². The van der Waals surface area contributed by atoms with Gasteiger partial charge in [-0.2, -0.15) is 0 Å². The van der Waals surface area contributed by atoms with Gasteiger partial charge in [-0.25, -0.2) is 9.37 Å². The molecule has 12 heavy (non-hydrogen) atoms. The smallest absolute Gasteiger partial charge is 0.158 e. The Bertz CT molecular complexity index is 274. The summed E-state index contributed by atoms with van der Waals surface area (Å²) < 4.78 is 13.4. The van der Waals surface area contributed by atoms with Crippen molar-refractivity contribution in [3.63, 3.8) is 0 Å². The standard InChI is InChI=1S/C9H11BrFN/c1-5(2)7-4-6(3)8(11)9(10)12-7/h4-5H,1-3H3. The van der Waals surface area contributed by atoms with Crippen molar-refractivity contribution in [2.45, 2.75) is 26.7 Å². The number of aryl methyl sites for hydroxylation is 1. The van der Waals surface area contributed by atoms with E-state index in [0.717, 1.165) is 5.69 Å². The molecule has 0 aromatic carbocycles. The summed E-state index contributed by atoms with van der Waals surface area (Å²) in [5.74, 6) is 0.0694. The monoisotopic (exact) mass is 231 g/mol. The summed E-state index contributed by atoms with van der Waals surface area (Å²) in [6.45, 7) is 5.81. The summed E-state index contributed by atoms with van der Waals surface area (Å²) in [5.41, 5.74) is 1.56. The molecule has 1 nitrogen and oxygen atoms in total. The predicted octanol–water partition coefficient (Wildman–Crippen LogP) is 3.42. The average molecular weight is 232 g/mol. The lowest BCUT2D eigenvalue weighted by Crippen LogP contribution is -1.97. The van der Waals surface area contributed by atoms with E-state index in [4.69, 9.17) is 0 Å². The minimum Gasteiger partial charge on any atom is -0.243 e. The number of hydrogen-bond acceptors (Lipinski definition) is 1. The van der Waals surface area contributed by atoms with Crippen LogP contribution in [0.1, 0.15) is 31.0 Å². The van der Waals surface area contributed by atoms with Crippen LogP contribution in [-0.4, -0.2) is 4.98 Å². The van der Waals surface area contributed by atoms with Crippen LogP contribution >= 0.6 is 15.9 Å². The normalized spacial score (nSPS) is 10.8. The predicted molar refractivity (Wildman–Crippen MR) is 50.7 cm³/mol. The van der Waals surface area contributed by atoms with Crippen molar-refractivity contribution in [3.05, 3.63) is 27.7 Å². The Morgan fingerprint density at radius 1 is 1.50 bits per heavy atom. The minimum atomic E-state index is -0.264. The van der Waals surface area contributed by atoms with Crippen molar-refractivity contribution in [2.24, 2.45) is 0 Å². The first-order valence-corrected chi connectivity index (χ1v) is 4.64. The van der Waals surface area contributed by atoms with Crippen LogP contribution in [0.15, 0.2) is 10.7 Å². The Labute approximate surface area is 80.1 Å². The number of halogens is 2. The first kappa shape index (κ1) is 9.65. The largest absolute Gasteiger partial charge is 0.243 e. The first-order chi connectivity index (χ1) is 5.52. The number of pyridine rings is 1. The quantitative estimate of drug-likeness (QED) is 0.676. The number of rotatable bonds is 1. The summed E-state index contributed by atoms with van der Waals surface area (Å²) in [6.07, 6.45) is 0. The van der Waals surface area contributed by atoms with E-state index in [-0.39, 0.29) is 5.82 Å². The summed E-state index contributed by atoms with van der Waals surface area (Å²) in [6, 6.07) is 1.78. The van der Waals surface area contributed by atoms with Gasteiger partial charge in [0.2, 0.25) is 0 Å². The van der Waals surface area contributed by atoms with Crippen molar-refractivity contribution in [1.29, 1.82) is 0 Å². The molecule has 0 unspecified atom stereocenters. The fourth-order valence-corrected chi connectivity index (χ4v) is 1.46. The number of aromatic nitrogens is 1. The number of nitrogens with zero attached hydrogens (tertiary/aromatic N) is 1. The van der Waals surface area contributed by atoms with Gasteiger partial charge >= 0.3 is 0 Å². The van der Waals surface area contributed by atoms with Crippen LogP contribution in [0.5, 0.6) is 0 Å². The number of hydrogen-bond donors (Lipinski definition) is 0. The van der Waals surface area contributed by atoms with Crippen molar-refractivity contribution < 1.29 is 4.39 Å². The van der Waals surface area contributed by atoms with Gasteiger partial charge in [0.15, 0.2) is 5.82 Å². The van der Waals surface area contributed by atoms with E-state index >= 15 is 0 Å². The molecule has 3 heteroatoms. The highest BCUT2D eigenvalue weighted by Crippen LogP contribution is 2.21. The van der Waals surface area contributed by atoms with Gasteiger partial charge in [-0.15, -0.1) is 0 Å². The Hall–Kier alpha value is -0.440. The third kappa shape index (κ3) is 1.83. The van der Waals surface area contributed by atoms with Crippen LogP contribution < -0.4 is 0 Å². The summed E-state index contributed by atoms with van der Waals surface area (Å²) in [4.78, 5) is 4.07. The lowest BCUT2D eigenvalue weighted by Gasteiger charge is -2.06. The molecule has 0 radical (unpaired) electrons. The van der Waals surface area contributed by atoms with E-state index in [0.29, 0.717) is 16.1 Å². The average Bonchev–Trinajstić information content (AvgIpc) is 1.99. The molecule has 1 heterocycles. The Morgan fingerprint density at radius 3 is 2.50 bits per heavy atom. The van der Waals surface area contributed by atoms with Gasteiger partial charge in [-0.3, -0.25) is 0 Å². The topological polar surface area (TPSA) is 12.9 Å².